The molecule has 1 aromatic rings. The predicted octanol–water partition coefficient (Wildman–Crippen LogP) is 2.80. The van der Waals surface area contributed by atoms with Crippen LogP contribution in [-0.4, -0.2) is 47.7 Å². The van der Waals surface area contributed by atoms with Gasteiger partial charge in [-0.1, -0.05) is 30.3 Å². The van der Waals surface area contributed by atoms with Crippen molar-refractivity contribution in [2.45, 2.75) is 31.0 Å². The van der Waals surface area contributed by atoms with E-state index < -0.39 is 36.1 Å². The second kappa shape index (κ2) is 8.06. The summed E-state index contributed by atoms with van der Waals surface area (Å²) in [5.41, 5.74) is 0.519. The van der Waals surface area contributed by atoms with Crippen LogP contribution in [0.4, 0.5) is 13.2 Å². The van der Waals surface area contributed by atoms with Crippen molar-refractivity contribution in [3.05, 3.63) is 35.9 Å². The highest BCUT2D eigenvalue weighted by Crippen LogP contribution is 2.41. The Balaban J connectivity index is 0.00000261. The van der Waals surface area contributed by atoms with E-state index in [1.807, 2.05) is 30.3 Å². The number of alkyl halides is 3. The standard InChI is InChI=1S/C18H21F3N2O3.ClH/c19-18(20,21)14-10-23(9-13(14)16(25)26)11-15(24)22-17(7-4-8-17)12-5-2-1-3-6-12;/h1-3,5-6,13-14H,4,7-11H2,(H,22,24)(H,25,26);1H/t13-,14-;/m1./s1. The van der Waals surface area contributed by atoms with Gasteiger partial charge in [0.15, 0.2) is 0 Å². The van der Waals surface area contributed by atoms with Crippen molar-refractivity contribution in [1.29, 1.82) is 0 Å². The van der Waals surface area contributed by atoms with E-state index in [1.165, 1.54) is 4.90 Å². The molecule has 1 heterocycles. The molecule has 0 spiro atoms. The lowest BCUT2D eigenvalue weighted by atomic mass is 9.72. The van der Waals surface area contributed by atoms with Gasteiger partial charge < -0.3 is 10.4 Å². The summed E-state index contributed by atoms with van der Waals surface area (Å²) >= 11 is 0. The van der Waals surface area contributed by atoms with Crippen molar-refractivity contribution in [2.24, 2.45) is 11.8 Å². The summed E-state index contributed by atoms with van der Waals surface area (Å²) in [6.07, 6.45) is -2.05. The molecule has 2 aliphatic rings. The molecule has 1 amide bonds. The third-order valence-corrected chi connectivity index (χ3v) is 5.41. The summed E-state index contributed by atoms with van der Waals surface area (Å²) in [6, 6.07) is 9.50. The Labute approximate surface area is 161 Å². The van der Waals surface area contributed by atoms with Crippen LogP contribution in [0.5, 0.6) is 0 Å². The van der Waals surface area contributed by atoms with Gasteiger partial charge in [0.2, 0.25) is 5.91 Å². The number of nitrogens with one attached hydrogen (secondary N) is 1. The van der Waals surface area contributed by atoms with Gasteiger partial charge in [0.05, 0.1) is 23.9 Å². The third-order valence-electron chi connectivity index (χ3n) is 5.41. The number of aliphatic carboxylic acids is 1. The Bertz CT molecular complexity index is 680. The smallest absolute Gasteiger partial charge is 0.393 e. The van der Waals surface area contributed by atoms with Gasteiger partial charge in [-0.25, -0.2) is 0 Å². The maximum Gasteiger partial charge on any atom is 0.393 e. The van der Waals surface area contributed by atoms with Crippen LogP contribution in [0.3, 0.4) is 0 Å². The first-order valence-corrected chi connectivity index (χ1v) is 8.60. The fourth-order valence-electron chi connectivity index (χ4n) is 3.88. The summed E-state index contributed by atoms with van der Waals surface area (Å²) in [6.45, 7) is -0.970. The van der Waals surface area contributed by atoms with E-state index in [-0.39, 0.29) is 31.4 Å². The SMILES string of the molecule is Cl.O=C(CN1C[C@@H](C(F)(F)F)[C@H](C(=O)O)C1)NC1(c2ccccc2)CCC1. The fraction of sp³-hybridized carbons (Fsp3) is 0.556. The van der Waals surface area contributed by atoms with Crippen molar-refractivity contribution >= 4 is 24.3 Å². The number of nitrogens with zero attached hydrogens (tertiary/aromatic N) is 1. The molecule has 2 N–H and O–H groups in total. The average molecular weight is 407 g/mol. The van der Waals surface area contributed by atoms with Gasteiger partial charge in [-0.3, -0.25) is 14.5 Å². The van der Waals surface area contributed by atoms with Gasteiger partial charge in [0, 0.05) is 13.1 Å². The first-order chi connectivity index (χ1) is 12.2. The maximum absolute atomic E-state index is 13.0. The molecule has 1 saturated carbocycles. The van der Waals surface area contributed by atoms with E-state index in [2.05, 4.69) is 5.32 Å². The molecule has 0 radical (unpaired) electrons. The Kier molecular flexibility index (Phi) is 6.42. The molecule has 2 atom stereocenters. The second-order valence-electron chi connectivity index (χ2n) is 7.14. The number of benzene rings is 1. The number of carbonyl (C=O) groups excluding carboxylic acids is 1. The predicted molar refractivity (Wildman–Crippen MR) is 94.5 cm³/mol. The highest BCUT2D eigenvalue weighted by molar-refractivity contribution is 5.85. The normalized spacial score (nSPS) is 24.6. The number of carbonyl (C=O) groups is 2. The van der Waals surface area contributed by atoms with Crippen LogP contribution in [0.25, 0.3) is 0 Å². The van der Waals surface area contributed by atoms with E-state index >= 15 is 0 Å². The van der Waals surface area contributed by atoms with Gasteiger partial charge in [0.25, 0.3) is 0 Å². The molecule has 0 unspecified atom stereocenters. The highest BCUT2D eigenvalue weighted by Gasteiger charge is 2.52. The Morgan fingerprint density at radius 1 is 1.19 bits per heavy atom. The monoisotopic (exact) mass is 406 g/mol. The van der Waals surface area contributed by atoms with Crippen LogP contribution in [0.2, 0.25) is 0 Å². The van der Waals surface area contributed by atoms with E-state index in [9.17, 15) is 22.8 Å². The molecule has 9 heteroatoms. The van der Waals surface area contributed by atoms with Crippen molar-refractivity contribution in [3.63, 3.8) is 0 Å². The summed E-state index contributed by atoms with van der Waals surface area (Å²) < 4.78 is 39.1. The number of likely N-dealkylation sites (tertiary alicyclic amines) is 1. The third kappa shape index (κ3) is 4.55. The topological polar surface area (TPSA) is 69.6 Å². The Morgan fingerprint density at radius 2 is 1.81 bits per heavy atom. The molecule has 150 valence electrons. The first-order valence-electron chi connectivity index (χ1n) is 8.60. The van der Waals surface area contributed by atoms with Crippen LogP contribution in [0.15, 0.2) is 30.3 Å². The molecule has 5 nitrogen and oxygen atoms in total. The minimum atomic E-state index is -4.59. The van der Waals surface area contributed by atoms with Gasteiger partial charge in [-0.2, -0.15) is 13.2 Å². The van der Waals surface area contributed by atoms with Crippen LogP contribution < -0.4 is 5.32 Å². The number of halogens is 4. The minimum absolute atomic E-state index is 0. The number of hydrogen-bond acceptors (Lipinski definition) is 3. The first kappa shape index (κ1) is 21.5. The lowest BCUT2D eigenvalue weighted by Gasteiger charge is -2.43. The molecule has 1 aromatic carbocycles. The molecular formula is C18H22ClF3N2O3. The van der Waals surface area contributed by atoms with Crippen LogP contribution in [0.1, 0.15) is 24.8 Å². The molecule has 1 aliphatic heterocycles. The van der Waals surface area contributed by atoms with Crippen LogP contribution in [0, 0.1) is 11.8 Å². The summed E-state index contributed by atoms with van der Waals surface area (Å²) in [4.78, 5) is 24.8. The quantitative estimate of drug-likeness (QED) is 0.789. The molecule has 0 aromatic heterocycles. The summed E-state index contributed by atoms with van der Waals surface area (Å²) in [7, 11) is 0. The van der Waals surface area contributed by atoms with Crippen molar-refractivity contribution < 1.29 is 27.9 Å². The van der Waals surface area contributed by atoms with Crippen molar-refractivity contribution in [2.75, 3.05) is 19.6 Å². The second-order valence-corrected chi connectivity index (χ2v) is 7.14. The molecule has 1 saturated heterocycles. The van der Waals surface area contributed by atoms with Gasteiger partial charge in [-0.15, -0.1) is 12.4 Å². The van der Waals surface area contributed by atoms with Crippen molar-refractivity contribution in [1.82, 2.24) is 10.2 Å². The largest absolute Gasteiger partial charge is 0.481 e. The number of hydrogen-bond donors (Lipinski definition) is 2. The zero-order chi connectivity index (χ0) is 18.9. The van der Waals surface area contributed by atoms with Crippen molar-refractivity contribution in [3.8, 4) is 0 Å². The maximum atomic E-state index is 13.0. The van der Waals surface area contributed by atoms with E-state index in [4.69, 9.17) is 5.11 Å². The van der Waals surface area contributed by atoms with Gasteiger partial charge in [0.1, 0.15) is 0 Å². The molecule has 3 rings (SSSR count). The van der Waals surface area contributed by atoms with Gasteiger partial charge in [-0.05, 0) is 24.8 Å². The fourth-order valence-corrected chi connectivity index (χ4v) is 3.88. The summed E-state index contributed by atoms with van der Waals surface area (Å²) in [5.74, 6) is -5.33. The molecular weight excluding hydrogens is 385 g/mol. The van der Waals surface area contributed by atoms with E-state index in [0.29, 0.717) is 0 Å². The number of rotatable bonds is 5. The number of carboxylic acids is 1. The molecule has 1 aliphatic carbocycles. The summed E-state index contributed by atoms with van der Waals surface area (Å²) in [5, 5.41) is 12.0. The van der Waals surface area contributed by atoms with E-state index in [1.54, 1.807) is 0 Å². The highest BCUT2D eigenvalue weighted by atomic mass is 35.5. The Morgan fingerprint density at radius 3 is 2.26 bits per heavy atom. The zero-order valence-corrected chi connectivity index (χ0v) is 15.4. The minimum Gasteiger partial charge on any atom is -0.481 e. The lowest BCUT2D eigenvalue weighted by Crippen LogP contribution is -2.53. The average Bonchev–Trinajstić information content (AvgIpc) is 2.96. The van der Waals surface area contributed by atoms with Gasteiger partial charge >= 0.3 is 12.1 Å². The zero-order valence-electron chi connectivity index (χ0n) is 14.5. The Hall–Kier alpha value is -1.80. The molecule has 0 bridgehead atoms. The van der Waals surface area contributed by atoms with E-state index in [0.717, 1.165) is 24.8 Å². The lowest BCUT2D eigenvalue weighted by molar-refractivity contribution is -0.188. The van der Waals surface area contributed by atoms with Crippen LogP contribution >= 0.6 is 12.4 Å². The molecule has 2 fully saturated rings. The number of carboxylic acid groups (broad SMARTS) is 1. The van der Waals surface area contributed by atoms with Crippen LogP contribution in [-0.2, 0) is 15.1 Å². The number of amides is 1. The molecule has 27 heavy (non-hydrogen) atoms.